The van der Waals surface area contributed by atoms with E-state index in [1.165, 1.54) is 22.8 Å². The third kappa shape index (κ3) is 4.59. The minimum atomic E-state index is -1.63. The van der Waals surface area contributed by atoms with Gasteiger partial charge in [-0.15, -0.1) is 0 Å². The van der Waals surface area contributed by atoms with E-state index >= 15 is 0 Å². The monoisotopic (exact) mass is 304 g/mol. The van der Waals surface area contributed by atoms with E-state index in [1.807, 2.05) is 0 Å². The van der Waals surface area contributed by atoms with E-state index in [-0.39, 0.29) is 5.46 Å². The molecule has 0 aromatic heterocycles. The van der Waals surface area contributed by atoms with E-state index in [4.69, 9.17) is 10.0 Å². The van der Waals surface area contributed by atoms with Gasteiger partial charge in [-0.2, -0.15) is 11.8 Å². The minimum absolute atomic E-state index is 0.176. The zero-order valence-corrected chi connectivity index (χ0v) is 13.0. The SMILES string of the molecule is Cc1cc(C)cc(CSCc2ccc(B(O)O)cc2F)c1. The molecule has 0 bridgehead atoms. The molecule has 5 heteroatoms. The number of thioether (sulfide) groups is 1. The number of hydrogen-bond acceptors (Lipinski definition) is 3. The van der Waals surface area contributed by atoms with Gasteiger partial charge in [0.15, 0.2) is 0 Å². The van der Waals surface area contributed by atoms with E-state index < -0.39 is 12.9 Å². The molecule has 110 valence electrons. The highest BCUT2D eigenvalue weighted by Crippen LogP contribution is 2.21. The van der Waals surface area contributed by atoms with Crippen molar-refractivity contribution in [2.45, 2.75) is 25.4 Å². The van der Waals surface area contributed by atoms with Crippen LogP contribution >= 0.6 is 11.8 Å². The van der Waals surface area contributed by atoms with Crippen molar-refractivity contribution in [2.75, 3.05) is 0 Å². The molecule has 0 aliphatic heterocycles. The first-order chi connectivity index (χ1) is 9.95. The van der Waals surface area contributed by atoms with Gasteiger partial charge in [-0.3, -0.25) is 0 Å². The molecule has 2 rings (SSSR count). The maximum absolute atomic E-state index is 13.8. The highest BCUT2D eigenvalue weighted by molar-refractivity contribution is 7.97. The molecule has 0 spiro atoms. The topological polar surface area (TPSA) is 40.5 Å². The summed E-state index contributed by atoms with van der Waals surface area (Å²) in [4.78, 5) is 0. The first kappa shape index (κ1) is 16.1. The molecule has 2 aromatic carbocycles. The van der Waals surface area contributed by atoms with Crippen molar-refractivity contribution in [3.8, 4) is 0 Å². The van der Waals surface area contributed by atoms with Gasteiger partial charge >= 0.3 is 7.12 Å². The van der Waals surface area contributed by atoms with Gasteiger partial charge in [0.2, 0.25) is 0 Å². The second kappa shape index (κ2) is 7.12. The minimum Gasteiger partial charge on any atom is -0.423 e. The van der Waals surface area contributed by atoms with Crippen LogP contribution in [0.15, 0.2) is 36.4 Å². The molecule has 2 nitrogen and oxygen atoms in total. The van der Waals surface area contributed by atoms with Crippen LogP contribution in [0.25, 0.3) is 0 Å². The molecule has 0 heterocycles. The molecule has 0 fully saturated rings. The van der Waals surface area contributed by atoms with Crippen LogP contribution in [0.2, 0.25) is 0 Å². The fourth-order valence-electron chi connectivity index (χ4n) is 2.27. The van der Waals surface area contributed by atoms with Gasteiger partial charge in [-0.25, -0.2) is 4.39 Å². The summed E-state index contributed by atoms with van der Waals surface area (Å²) in [7, 11) is -1.63. The Hall–Kier alpha value is -1.30. The largest absolute Gasteiger partial charge is 0.488 e. The first-order valence-electron chi connectivity index (χ1n) is 6.75. The Labute approximate surface area is 129 Å². The van der Waals surface area contributed by atoms with Crippen molar-refractivity contribution in [3.05, 3.63) is 64.5 Å². The molecular formula is C16H18BFO2S. The van der Waals surface area contributed by atoms with E-state index in [0.29, 0.717) is 11.3 Å². The molecule has 2 aromatic rings. The Morgan fingerprint density at radius 3 is 2.24 bits per heavy atom. The normalized spacial score (nSPS) is 10.7. The van der Waals surface area contributed by atoms with Gasteiger partial charge in [0.1, 0.15) is 5.82 Å². The lowest BCUT2D eigenvalue weighted by molar-refractivity contribution is 0.425. The quantitative estimate of drug-likeness (QED) is 0.834. The summed E-state index contributed by atoms with van der Waals surface area (Å²) in [6.07, 6.45) is 0. The average molecular weight is 304 g/mol. The van der Waals surface area contributed by atoms with Crippen molar-refractivity contribution in [1.82, 2.24) is 0 Å². The van der Waals surface area contributed by atoms with Crippen molar-refractivity contribution in [2.24, 2.45) is 0 Å². The number of halogens is 1. The van der Waals surface area contributed by atoms with Crippen LogP contribution in [-0.4, -0.2) is 17.2 Å². The molecule has 0 amide bonds. The lowest BCUT2D eigenvalue weighted by Crippen LogP contribution is -2.30. The average Bonchev–Trinajstić information content (AvgIpc) is 2.39. The molecule has 2 N–H and O–H groups in total. The van der Waals surface area contributed by atoms with Crippen LogP contribution in [0.4, 0.5) is 4.39 Å². The zero-order chi connectivity index (χ0) is 15.4. The maximum atomic E-state index is 13.8. The van der Waals surface area contributed by atoms with Gasteiger partial charge in [0.25, 0.3) is 0 Å². The lowest BCUT2D eigenvalue weighted by Gasteiger charge is -2.07. The molecule has 0 aliphatic carbocycles. The first-order valence-corrected chi connectivity index (χ1v) is 7.90. The summed E-state index contributed by atoms with van der Waals surface area (Å²) < 4.78 is 13.8. The summed E-state index contributed by atoms with van der Waals surface area (Å²) in [5.41, 5.74) is 4.46. The molecule has 0 radical (unpaired) electrons. The van der Waals surface area contributed by atoms with Crippen LogP contribution in [-0.2, 0) is 11.5 Å². The fourth-order valence-corrected chi connectivity index (χ4v) is 3.23. The van der Waals surface area contributed by atoms with Gasteiger partial charge < -0.3 is 10.0 Å². The number of aryl methyl sites for hydroxylation is 2. The van der Waals surface area contributed by atoms with Crippen molar-refractivity contribution in [1.29, 1.82) is 0 Å². The molecule has 0 saturated carbocycles. The second-order valence-electron chi connectivity index (χ2n) is 5.21. The molecule has 0 atom stereocenters. The van der Waals surface area contributed by atoms with Crippen molar-refractivity contribution < 1.29 is 14.4 Å². The Morgan fingerprint density at radius 1 is 1.00 bits per heavy atom. The highest BCUT2D eigenvalue weighted by atomic mass is 32.2. The second-order valence-corrected chi connectivity index (χ2v) is 6.20. The summed E-state index contributed by atoms with van der Waals surface area (Å²) in [6.45, 7) is 4.14. The van der Waals surface area contributed by atoms with Gasteiger partial charge in [0, 0.05) is 11.5 Å². The maximum Gasteiger partial charge on any atom is 0.488 e. The predicted octanol–water partition coefficient (Wildman–Crippen LogP) is 2.56. The molecule has 0 unspecified atom stereocenters. The molecule has 21 heavy (non-hydrogen) atoms. The Morgan fingerprint density at radius 2 is 1.67 bits per heavy atom. The van der Waals surface area contributed by atoms with E-state index in [2.05, 4.69) is 32.0 Å². The van der Waals surface area contributed by atoms with Crippen LogP contribution in [0.5, 0.6) is 0 Å². The molecular weight excluding hydrogens is 286 g/mol. The summed E-state index contributed by atoms with van der Waals surface area (Å²) >= 11 is 1.64. The van der Waals surface area contributed by atoms with Gasteiger partial charge in [-0.05, 0) is 36.5 Å². The fraction of sp³-hybridized carbons (Fsp3) is 0.250. The van der Waals surface area contributed by atoms with Crippen LogP contribution in [0.1, 0.15) is 22.3 Å². The van der Waals surface area contributed by atoms with E-state index in [1.54, 1.807) is 23.9 Å². The summed E-state index contributed by atoms with van der Waals surface area (Å²) in [5, 5.41) is 18.0. The van der Waals surface area contributed by atoms with Gasteiger partial charge in [0.05, 0.1) is 0 Å². The van der Waals surface area contributed by atoms with Gasteiger partial charge in [-0.1, -0.05) is 41.5 Å². The Bertz CT molecular complexity index is 611. The van der Waals surface area contributed by atoms with Crippen LogP contribution < -0.4 is 5.46 Å². The predicted molar refractivity (Wildman–Crippen MR) is 87.1 cm³/mol. The number of rotatable bonds is 5. The molecule has 0 aliphatic rings. The zero-order valence-electron chi connectivity index (χ0n) is 12.1. The number of benzene rings is 2. The standard InChI is InChI=1S/C16H18BFO2S/c1-11-5-12(2)7-13(6-11)9-21-10-14-3-4-15(17(19)20)8-16(14)18/h3-8,19-20H,9-10H2,1-2H3. The Kier molecular flexibility index (Phi) is 5.45. The third-order valence-corrected chi connectivity index (χ3v) is 4.24. The van der Waals surface area contributed by atoms with Crippen LogP contribution in [0, 0.1) is 19.7 Å². The Balaban J connectivity index is 1.97. The molecule has 0 saturated heterocycles. The summed E-state index contributed by atoms with van der Waals surface area (Å²) in [6, 6.07) is 10.7. The highest BCUT2D eigenvalue weighted by Gasteiger charge is 2.13. The van der Waals surface area contributed by atoms with Crippen LogP contribution in [0.3, 0.4) is 0 Å². The van der Waals surface area contributed by atoms with E-state index in [9.17, 15) is 4.39 Å². The lowest BCUT2D eigenvalue weighted by atomic mass is 9.80. The third-order valence-electron chi connectivity index (χ3n) is 3.18. The van der Waals surface area contributed by atoms with Crippen molar-refractivity contribution in [3.63, 3.8) is 0 Å². The number of hydrogen-bond donors (Lipinski definition) is 2. The van der Waals surface area contributed by atoms with E-state index in [0.717, 1.165) is 5.75 Å². The smallest absolute Gasteiger partial charge is 0.423 e. The van der Waals surface area contributed by atoms with Crippen molar-refractivity contribution >= 4 is 24.3 Å². The summed E-state index contributed by atoms with van der Waals surface area (Å²) in [5.74, 6) is 0.987.